The van der Waals surface area contributed by atoms with Gasteiger partial charge in [-0.2, -0.15) is 0 Å². The average Bonchev–Trinajstić information content (AvgIpc) is 2.79. The molecule has 0 spiro atoms. The molecule has 2 aliphatic heterocycles. The molecule has 0 fully saturated rings. The third-order valence-corrected chi connectivity index (χ3v) is 5.54. The van der Waals surface area contributed by atoms with Gasteiger partial charge in [0.25, 0.3) is 0 Å². The molecule has 0 atom stereocenters. The van der Waals surface area contributed by atoms with Crippen molar-refractivity contribution in [3.05, 3.63) is 95.6 Å². The number of pyridine rings is 2. The maximum Gasteiger partial charge on any atom is 0.103 e. The van der Waals surface area contributed by atoms with Crippen LogP contribution >= 0.6 is 0 Å². The zero-order valence-electron chi connectivity index (χ0n) is 15.8. The highest BCUT2D eigenvalue weighted by atomic mass is 16.5. The summed E-state index contributed by atoms with van der Waals surface area (Å²) in [5, 5.41) is 26.3. The topological polar surface area (TPSA) is 72.7 Å². The van der Waals surface area contributed by atoms with Crippen LogP contribution in [0, 0.1) is 0 Å². The van der Waals surface area contributed by atoms with Crippen LogP contribution in [0.15, 0.2) is 84.5 Å². The van der Waals surface area contributed by atoms with Crippen molar-refractivity contribution >= 4 is 45.3 Å². The fraction of sp³-hybridized carbons (Fsp3) is 0. The molecule has 0 saturated carbocycles. The molecule has 2 aromatic carbocycles. The summed E-state index contributed by atoms with van der Waals surface area (Å²) in [5.41, 5.74) is 5.14. The summed E-state index contributed by atoms with van der Waals surface area (Å²) in [7, 11) is 0. The Bertz CT molecular complexity index is 1330. The fourth-order valence-electron chi connectivity index (χ4n) is 4.11. The lowest BCUT2D eigenvalue weighted by Gasteiger charge is -2.31. The Morgan fingerprint density at radius 1 is 0.567 bits per heavy atom. The minimum atomic E-state index is 0.443. The van der Waals surface area contributed by atoms with Crippen LogP contribution in [0.4, 0.5) is 11.4 Å². The summed E-state index contributed by atoms with van der Waals surface area (Å²) in [4.78, 5) is 8.92. The van der Waals surface area contributed by atoms with Crippen LogP contribution in [0.3, 0.4) is 0 Å². The molecule has 0 saturated heterocycles. The van der Waals surface area contributed by atoms with Gasteiger partial charge in [-0.3, -0.25) is 20.4 Å². The molecule has 4 heterocycles. The Kier molecular flexibility index (Phi) is 3.52. The first-order valence-electron chi connectivity index (χ1n) is 9.56. The van der Waals surface area contributed by atoms with E-state index in [9.17, 15) is 10.4 Å². The summed E-state index contributed by atoms with van der Waals surface area (Å²) >= 11 is 0. The predicted molar refractivity (Wildman–Crippen MR) is 117 cm³/mol. The van der Waals surface area contributed by atoms with E-state index in [0.29, 0.717) is 33.8 Å². The second kappa shape index (κ2) is 6.25. The van der Waals surface area contributed by atoms with Crippen molar-refractivity contribution < 1.29 is 10.4 Å². The predicted octanol–water partition coefficient (Wildman–Crippen LogP) is 5.14. The van der Waals surface area contributed by atoms with Crippen molar-refractivity contribution in [2.24, 2.45) is 0 Å². The van der Waals surface area contributed by atoms with Gasteiger partial charge in [0.15, 0.2) is 0 Å². The van der Waals surface area contributed by atoms with Gasteiger partial charge in [-0.05, 0) is 24.3 Å². The van der Waals surface area contributed by atoms with E-state index in [1.165, 1.54) is 0 Å². The first kappa shape index (κ1) is 16.9. The molecule has 6 heteroatoms. The van der Waals surface area contributed by atoms with Crippen LogP contribution in [0.25, 0.3) is 34.0 Å². The summed E-state index contributed by atoms with van der Waals surface area (Å²) in [5.74, 6) is 0. The second-order valence-electron chi connectivity index (χ2n) is 7.22. The standard InChI is InChI=1S/C24H16N4O2/c29-27-19(11-9-17-7-5-15-3-1-13-25-21(15)23(17)27)20-12-10-18-8-6-16-4-2-14-26-22(16)24(18)28(20)30/h1-14,29-30H. The van der Waals surface area contributed by atoms with Gasteiger partial charge in [0.05, 0.1) is 22.4 Å². The molecular weight excluding hydrogens is 376 g/mol. The molecule has 0 unspecified atom stereocenters. The molecule has 6 nitrogen and oxygen atoms in total. The lowest BCUT2D eigenvalue weighted by atomic mass is 10.0. The Morgan fingerprint density at radius 3 is 1.50 bits per heavy atom. The number of nitrogens with zero attached hydrogens (tertiary/aromatic N) is 4. The van der Waals surface area contributed by atoms with Crippen LogP contribution in [-0.2, 0) is 0 Å². The number of anilines is 2. The van der Waals surface area contributed by atoms with Crippen LogP contribution in [0.1, 0.15) is 11.1 Å². The maximum absolute atomic E-state index is 11.1. The molecule has 144 valence electrons. The first-order chi connectivity index (χ1) is 14.7. The summed E-state index contributed by atoms with van der Waals surface area (Å²) in [6.45, 7) is 0. The number of hydroxylamine groups is 2. The Morgan fingerprint density at radius 2 is 1.03 bits per heavy atom. The quantitative estimate of drug-likeness (QED) is 0.432. The van der Waals surface area contributed by atoms with Gasteiger partial charge < -0.3 is 0 Å². The SMILES string of the molecule is ON1C(=C2C=Cc3ccc4cccnc4c3N2O)C=Cc2ccc3cccnc3c21. The molecular formula is C24H16N4O2. The monoisotopic (exact) mass is 392 g/mol. The van der Waals surface area contributed by atoms with Crippen LogP contribution in [0.2, 0.25) is 0 Å². The largest absolute Gasteiger partial charge is 0.283 e. The first-order valence-corrected chi connectivity index (χ1v) is 9.56. The molecule has 2 N–H and O–H groups in total. The van der Waals surface area contributed by atoms with E-state index in [1.807, 2.05) is 60.7 Å². The maximum atomic E-state index is 11.1. The highest BCUT2D eigenvalue weighted by Gasteiger charge is 2.27. The van der Waals surface area contributed by atoms with Crippen molar-refractivity contribution in [2.45, 2.75) is 0 Å². The fourth-order valence-corrected chi connectivity index (χ4v) is 4.11. The van der Waals surface area contributed by atoms with Gasteiger partial charge in [-0.15, -0.1) is 0 Å². The van der Waals surface area contributed by atoms with Crippen LogP contribution in [0.5, 0.6) is 0 Å². The van der Waals surface area contributed by atoms with Crippen LogP contribution < -0.4 is 10.1 Å². The average molecular weight is 392 g/mol. The number of hydrogen-bond acceptors (Lipinski definition) is 6. The second-order valence-corrected chi connectivity index (χ2v) is 7.22. The normalized spacial score (nSPS) is 17.5. The third kappa shape index (κ3) is 2.32. The minimum absolute atomic E-state index is 0.443. The van der Waals surface area contributed by atoms with Gasteiger partial charge in [-0.25, -0.2) is 10.1 Å². The van der Waals surface area contributed by atoms with E-state index in [2.05, 4.69) is 9.97 Å². The number of rotatable bonds is 0. The summed E-state index contributed by atoms with van der Waals surface area (Å²) < 4.78 is 0. The lowest BCUT2D eigenvalue weighted by Crippen LogP contribution is -2.29. The number of benzene rings is 2. The van der Waals surface area contributed by atoms with Gasteiger partial charge >= 0.3 is 0 Å². The van der Waals surface area contributed by atoms with Gasteiger partial charge in [0.2, 0.25) is 0 Å². The summed E-state index contributed by atoms with van der Waals surface area (Å²) in [6.07, 6.45) is 10.8. The molecule has 0 aliphatic carbocycles. The molecule has 2 aliphatic rings. The summed E-state index contributed by atoms with van der Waals surface area (Å²) in [6, 6.07) is 15.5. The van der Waals surface area contributed by atoms with Gasteiger partial charge in [0.1, 0.15) is 11.4 Å². The van der Waals surface area contributed by atoms with Crippen molar-refractivity contribution in [3.8, 4) is 0 Å². The van der Waals surface area contributed by atoms with Crippen molar-refractivity contribution in [1.82, 2.24) is 9.97 Å². The zero-order chi connectivity index (χ0) is 20.2. The molecule has 6 rings (SSSR count). The van der Waals surface area contributed by atoms with Crippen molar-refractivity contribution in [2.75, 3.05) is 10.1 Å². The van der Waals surface area contributed by atoms with Crippen LogP contribution in [-0.4, -0.2) is 20.4 Å². The van der Waals surface area contributed by atoms with E-state index >= 15 is 0 Å². The molecule has 0 amide bonds. The zero-order valence-corrected chi connectivity index (χ0v) is 15.8. The Labute approximate surface area is 171 Å². The van der Waals surface area contributed by atoms with E-state index in [4.69, 9.17) is 0 Å². The molecule has 2 aromatic heterocycles. The number of fused-ring (bicyclic) bond motifs is 6. The van der Waals surface area contributed by atoms with Crippen molar-refractivity contribution in [1.29, 1.82) is 0 Å². The van der Waals surface area contributed by atoms with E-state index < -0.39 is 0 Å². The van der Waals surface area contributed by atoms with E-state index in [0.717, 1.165) is 32.0 Å². The third-order valence-electron chi connectivity index (χ3n) is 5.54. The van der Waals surface area contributed by atoms with E-state index in [-0.39, 0.29) is 0 Å². The van der Waals surface area contributed by atoms with Crippen molar-refractivity contribution in [3.63, 3.8) is 0 Å². The molecule has 0 bridgehead atoms. The molecule has 30 heavy (non-hydrogen) atoms. The lowest BCUT2D eigenvalue weighted by molar-refractivity contribution is 0.268. The molecule has 0 radical (unpaired) electrons. The van der Waals surface area contributed by atoms with E-state index in [1.54, 1.807) is 24.5 Å². The Balaban J connectivity index is 1.56. The Hall–Kier alpha value is -4.00. The van der Waals surface area contributed by atoms with Gasteiger partial charge in [0, 0.05) is 34.3 Å². The minimum Gasteiger partial charge on any atom is -0.283 e. The van der Waals surface area contributed by atoms with Gasteiger partial charge in [-0.1, -0.05) is 48.6 Å². The highest BCUT2D eigenvalue weighted by molar-refractivity contribution is 6.00. The highest BCUT2D eigenvalue weighted by Crippen LogP contribution is 2.40. The number of hydrogen-bond donors (Lipinski definition) is 2. The smallest absolute Gasteiger partial charge is 0.103 e. The molecule has 4 aromatic rings. The number of aromatic nitrogens is 2. The number of allylic oxidation sites excluding steroid dienone is 2.